The van der Waals surface area contributed by atoms with Crippen molar-refractivity contribution in [2.75, 3.05) is 6.61 Å². The first kappa shape index (κ1) is 10.7. The van der Waals surface area contributed by atoms with Crippen LogP contribution in [-0.2, 0) is 9.53 Å². The molecule has 0 radical (unpaired) electrons. The van der Waals surface area contributed by atoms with Crippen molar-refractivity contribution in [3.05, 3.63) is 12.2 Å². The Morgan fingerprint density at radius 3 is 2.53 bits per heavy atom. The van der Waals surface area contributed by atoms with Crippen molar-refractivity contribution in [2.45, 2.75) is 38.2 Å². The van der Waals surface area contributed by atoms with Gasteiger partial charge in [-0.05, 0) is 18.8 Å². The van der Waals surface area contributed by atoms with Crippen molar-refractivity contribution in [3.63, 3.8) is 0 Å². The van der Waals surface area contributed by atoms with E-state index in [2.05, 4.69) is 6.58 Å². The van der Waals surface area contributed by atoms with Crippen LogP contribution in [0.1, 0.15) is 32.1 Å². The molecule has 1 aliphatic heterocycles. The van der Waals surface area contributed by atoms with Gasteiger partial charge in [0.15, 0.2) is 0 Å². The number of aliphatic hydroxyl groups is 1. The van der Waals surface area contributed by atoms with Crippen molar-refractivity contribution in [3.8, 4) is 0 Å². The van der Waals surface area contributed by atoms with Gasteiger partial charge in [0.2, 0.25) is 0 Å². The Bertz CT molecular complexity index is 266. The minimum absolute atomic E-state index is 0.166. The third-order valence-electron chi connectivity index (χ3n) is 3.65. The van der Waals surface area contributed by atoms with E-state index in [0.29, 0.717) is 18.1 Å². The Hall–Kier alpha value is -0.830. The van der Waals surface area contributed by atoms with Crippen LogP contribution in [0.15, 0.2) is 12.2 Å². The molecule has 2 rings (SSSR count). The van der Waals surface area contributed by atoms with E-state index in [1.54, 1.807) is 0 Å². The number of hydrogen-bond donors (Lipinski definition) is 1. The molecule has 0 unspecified atom stereocenters. The van der Waals surface area contributed by atoms with E-state index in [4.69, 9.17) is 4.74 Å². The summed E-state index contributed by atoms with van der Waals surface area (Å²) in [5, 5.41) is 10.2. The Morgan fingerprint density at radius 2 is 2.00 bits per heavy atom. The molecule has 0 bridgehead atoms. The summed E-state index contributed by atoms with van der Waals surface area (Å²) in [4.78, 5) is 11.1. The van der Waals surface area contributed by atoms with Crippen LogP contribution < -0.4 is 0 Å². The minimum atomic E-state index is -0.441. The number of hydrogen-bond acceptors (Lipinski definition) is 3. The molecule has 1 aliphatic carbocycles. The highest BCUT2D eigenvalue weighted by Gasteiger charge is 2.38. The highest BCUT2D eigenvalue weighted by molar-refractivity contribution is 5.90. The average molecular weight is 210 g/mol. The molecule has 1 saturated heterocycles. The first-order valence-corrected chi connectivity index (χ1v) is 5.74. The minimum Gasteiger partial charge on any atom is -0.462 e. The van der Waals surface area contributed by atoms with Crippen molar-refractivity contribution in [1.82, 2.24) is 0 Å². The predicted molar refractivity (Wildman–Crippen MR) is 56.2 cm³/mol. The second kappa shape index (κ2) is 4.35. The first-order valence-electron chi connectivity index (χ1n) is 5.74. The SMILES string of the molecule is C=C1C(=O)OC[C@@H]1[C@@H](O)C1CCCCC1. The molecule has 3 nitrogen and oxygen atoms in total. The summed E-state index contributed by atoms with van der Waals surface area (Å²) in [7, 11) is 0. The zero-order valence-electron chi connectivity index (χ0n) is 8.95. The topological polar surface area (TPSA) is 46.5 Å². The lowest BCUT2D eigenvalue weighted by Crippen LogP contribution is -2.31. The van der Waals surface area contributed by atoms with Crippen LogP contribution in [0, 0.1) is 11.8 Å². The van der Waals surface area contributed by atoms with Crippen LogP contribution >= 0.6 is 0 Å². The van der Waals surface area contributed by atoms with Crippen LogP contribution in [0.2, 0.25) is 0 Å². The lowest BCUT2D eigenvalue weighted by molar-refractivity contribution is -0.135. The summed E-state index contributed by atoms with van der Waals surface area (Å²) in [6.45, 7) is 4.01. The normalized spacial score (nSPS) is 30.3. The van der Waals surface area contributed by atoms with E-state index >= 15 is 0 Å². The summed E-state index contributed by atoms with van der Waals surface area (Å²) in [5.74, 6) is -0.176. The maximum Gasteiger partial charge on any atom is 0.333 e. The third-order valence-corrected chi connectivity index (χ3v) is 3.65. The maximum atomic E-state index is 11.1. The van der Waals surface area contributed by atoms with Crippen LogP contribution in [0.25, 0.3) is 0 Å². The van der Waals surface area contributed by atoms with Crippen molar-refractivity contribution in [2.24, 2.45) is 11.8 Å². The van der Waals surface area contributed by atoms with Crippen LogP contribution in [-0.4, -0.2) is 23.8 Å². The van der Waals surface area contributed by atoms with E-state index in [9.17, 15) is 9.90 Å². The van der Waals surface area contributed by atoms with E-state index in [0.717, 1.165) is 12.8 Å². The lowest BCUT2D eigenvalue weighted by atomic mass is 9.79. The average Bonchev–Trinajstić information content (AvgIpc) is 2.60. The van der Waals surface area contributed by atoms with Crippen LogP contribution in [0.3, 0.4) is 0 Å². The van der Waals surface area contributed by atoms with E-state index in [-0.39, 0.29) is 11.9 Å². The van der Waals surface area contributed by atoms with Gasteiger partial charge in [-0.2, -0.15) is 0 Å². The molecule has 15 heavy (non-hydrogen) atoms. The summed E-state index contributed by atoms with van der Waals surface area (Å²) < 4.78 is 4.89. The summed E-state index contributed by atoms with van der Waals surface area (Å²) in [6, 6.07) is 0. The highest BCUT2D eigenvalue weighted by atomic mass is 16.5. The number of ether oxygens (including phenoxy) is 1. The quantitative estimate of drug-likeness (QED) is 0.557. The second-order valence-electron chi connectivity index (χ2n) is 4.62. The van der Waals surface area contributed by atoms with Gasteiger partial charge in [-0.15, -0.1) is 0 Å². The molecular weight excluding hydrogens is 192 g/mol. The molecule has 0 spiro atoms. The van der Waals surface area contributed by atoms with Gasteiger partial charge in [0.25, 0.3) is 0 Å². The molecule has 0 aromatic carbocycles. The zero-order valence-corrected chi connectivity index (χ0v) is 8.95. The molecule has 1 heterocycles. The van der Waals surface area contributed by atoms with Gasteiger partial charge in [0, 0.05) is 5.57 Å². The molecule has 2 aliphatic rings. The van der Waals surface area contributed by atoms with Crippen LogP contribution in [0.4, 0.5) is 0 Å². The maximum absolute atomic E-state index is 11.1. The molecule has 2 atom stereocenters. The standard InChI is InChI=1S/C12H18O3/c1-8-10(7-15-12(8)14)11(13)9-5-3-2-4-6-9/h9-11,13H,1-7H2/t10-,11-/m0/s1. The Kier molecular flexibility index (Phi) is 3.10. The second-order valence-corrected chi connectivity index (χ2v) is 4.62. The summed E-state index contributed by atoms with van der Waals surface area (Å²) in [6.07, 6.45) is 5.35. The van der Waals surface area contributed by atoms with Gasteiger partial charge in [0.1, 0.15) is 6.61 Å². The Morgan fingerprint density at radius 1 is 1.33 bits per heavy atom. The van der Waals surface area contributed by atoms with Gasteiger partial charge in [0.05, 0.1) is 12.0 Å². The molecule has 84 valence electrons. The smallest absolute Gasteiger partial charge is 0.333 e. The number of carbonyl (C=O) groups excluding carboxylic acids is 1. The lowest BCUT2D eigenvalue weighted by Gasteiger charge is -2.29. The fraction of sp³-hybridized carbons (Fsp3) is 0.750. The number of carbonyl (C=O) groups is 1. The summed E-state index contributed by atoms with van der Waals surface area (Å²) in [5.41, 5.74) is 0.452. The first-order chi connectivity index (χ1) is 7.20. The van der Waals surface area contributed by atoms with Crippen molar-refractivity contribution >= 4 is 5.97 Å². The number of cyclic esters (lactones) is 1. The molecule has 0 amide bonds. The molecule has 1 N–H and O–H groups in total. The van der Waals surface area contributed by atoms with Gasteiger partial charge >= 0.3 is 5.97 Å². The number of esters is 1. The summed E-state index contributed by atoms with van der Waals surface area (Å²) >= 11 is 0. The predicted octanol–water partition coefficient (Wildman–Crippen LogP) is 1.66. The van der Waals surface area contributed by atoms with Crippen molar-refractivity contribution in [1.29, 1.82) is 0 Å². The molecule has 3 heteroatoms. The Balaban J connectivity index is 1.97. The monoisotopic (exact) mass is 210 g/mol. The van der Waals surface area contributed by atoms with E-state index < -0.39 is 6.10 Å². The molecule has 0 aromatic rings. The van der Waals surface area contributed by atoms with E-state index in [1.165, 1.54) is 19.3 Å². The van der Waals surface area contributed by atoms with Crippen LogP contribution in [0.5, 0.6) is 0 Å². The number of aliphatic hydroxyl groups excluding tert-OH is 1. The van der Waals surface area contributed by atoms with Gasteiger partial charge in [-0.3, -0.25) is 0 Å². The fourth-order valence-electron chi connectivity index (χ4n) is 2.62. The van der Waals surface area contributed by atoms with Gasteiger partial charge in [-0.1, -0.05) is 25.8 Å². The van der Waals surface area contributed by atoms with Gasteiger partial charge < -0.3 is 9.84 Å². The Labute approximate surface area is 90.1 Å². The molecular formula is C12H18O3. The van der Waals surface area contributed by atoms with E-state index in [1.807, 2.05) is 0 Å². The third kappa shape index (κ3) is 2.07. The van der Waals surface area contributed by atoms with Gasteiger partial charge in [-0.25, -0.2) is 4.79 Å². The largest absolute Gasteiger partial charge is 0.462 e. The zero-order chi connectivity index (χ0) is 10.8. The van der Waals surface area contributed by atoms with Crippen molar-refractivity contribution < 1.29 is 14.6 Å². The number of rotatable bonds is 2. The fourth-order valence-corrected chi connectivity index (χ4v) is 2.62. The molecule has 1 saturated carbocycles. The highest BCUT2D eigenvalue weighted by Crippen LogP contribution is 2.34. The molecule has 0 aromatic heterocycles. The molecule has 2 fully saturated rings.